The topological polar surface area (TPSA) is 58.6 Å². The lowest BCUT2D eigenvalue weighted by Crippen LogP contribution is -2.40. The number of nitrogens with zero attached hydrogens (tertiary/aromatic N) is 1. The van der Waals surface area contributed by atoms with Crippen molar-refractivity contribution in [1.82, 2.24) is 5.32 Å². The quantitative estimate of drug-likeness (QED) is 0.929. The average Bonchev–Trinajstić information content (AvgIpc) is 2.36. The SMILES string of the molecule is CC(=O)N(CCNC(=O)OC(C)(C)C)c1cccc(C)c1C. The summed E-state index contributed by atoms with van der Waals surface area (Å²) in [4.78, 5) is 25.2. The fourth-order valence-electron chi connectivity index (χ4n) is 2.06. The number of anilines is 1. The van der Waals surface area contributed by atoms with Crippen LogP contribution in [0.3, 0.4) is 0 Å². The van der Waals surface area contributed by atoms with Crippen LogP contribution in [0.2, 0.25) is 0 Å². The molecule has 0 saturated carbocycles. The van der Waals surface area contributed by atoms with Gasteiger partial charge >= 0.3 is 6.09 Å². The lowest BCUT2D eigenvalue weighted by atomic mass is 10.1. The van der Waals surface area contributed by atoms with Crippen molar-refractivity contribution in [2.24, 2.45) is 0 Å². The molecule has 0 aliphatic carbocycles. The maximum absolute atomic E-state index is 11.9. The maximum atomic E-state index is 11.9. The van der Waals surface area contributed by atoms with Crippen molar-refractivity contribution in [1.29, 1.82) is 0 Å². The van der Waals surface area contributed by atoms with E-state index in [1.807, 2.05) is 52.8 Å². The van der Waals surface area contributed by atoms with E-state index in [0.29, 0.717) is 13.1 Å². The van der Waals surface area contributed by atoms with Crippen LogP contribution in [0.15, 0.2) is 18.2 Å². The number of hydrogen-bond acceptors (Lipinski definition) is 3. The Labute approximate surface area is 132 Å². The first-order chi connectivity index (χ1) is 10.1. The minimum absolute atomic E-state index is 0.0558. The lowest BCUT2D eigenvalue weighted by Gasteiger charge is -2.25. The smallest absolute Gasteiger partial charge is 0.407 e. The van der Waals surface area contributed by atoms with Crippen molar-refractivity contribution in [2.45, 2.75) is 47.1 Å². The zero-order valence-electron chi connectivity index (χ0n) is 14.3. The van der Waals surface area contributed by atoms with E-state index in [9.17, 15) is 9.59 Å². The fourth-order valence-corrected chi connectivity index (χ4v) is 2.06. The predicted molar refractivity (Wildman–Crippen MR) is 88.2 cm³/mol. The molecule has 0 bridgehead atoms. The van der Waals surface area contributed by atoms with Gasteiger partial charge in [0.15, 0.2) is 0 Å². The second-order valence-corrected chi connectivity index (χ2v) is 6.32. The molecule has 0 unspecified atom stereocenters. The van der Waals surface area contributed by atoms with Gasteiger partial charge in [-0.25, -0.2) is 4.79 Å². The van der Waals surface area contributed by atoms with E-state index in [-0.39, 0.29) is 5.91 Å². The van der Waals surface area contributed by atoms with Gasteiger partial charge in [0, 0.05) is 25.7 Å². The van der Waals surface area contributed by atoms with Gasteiger partial charge in [-0.1, -0.05) is 12.1 Å². The minimum atomic E-state index is -0.530. The van der Waals surface area contributed by atoms with E-state index in [1.54, 1.807) is 4.90 Å². The summed E-state index contributed by atoms with van der Waals surface area (Å²) >= 11 is 0. The number of aryl methyl sites for hydroxylation is 1. The third kappa shape index (κ3) is 5.39. The second kappa shape index (κ2) is 7.29. The molecule has 122 valence electrons. The Bertz CT molecular complexity index is 547. The average molecular weight is 306 g/mol. The Kier molecular flexibility index (Phi) is 5.97. The van der Waals surface area contributed by atoms with Crippen LogP contribution < -0.4 is 10.2 Å². The Hall–Kier alpha value is -2.04. The third-order valence-electron chi connectivity index (χ3n) is 3.25. The molecule has 0 heterocycles. The van der Waals surface area contributed by atoms with Crippen LogP contribution in [0.25, 0.3) is 0 Å². The zero-order valence-corrected chi connectivity index (χ0v) is 14.3. The molecule has 2 amide bonds. The van der Waals surface area contributed by atoms with Crippen molar-refractivity contribution in [3.63, 3.8) is 0 Å². The second-order valence-electron chi connectivity index (χ2n) is 6.32. The van der Waals surface area contributed by atoms with Gasteiger partial charge in [-0.15, -0.1) is 0 Å². The number of carbonyl (C=O) groups is 2. The third-order valence-corrected chi connectivity index (χ3v) is 3.25. The molecule has 1 aromatic carbocycles. The van der Waals surface area contributed by atoms with E-state index >= 15 is 0 Å². The Morgan fingerprint density at radius 3 is 2.41 bits per heavy atom. The normalized spacial score (nSPS) is 11.0. The van der Waals surface area contributed by atoms with Crippen molar-refractivity contribution >= 4 is 17.7 Å². The standard InChI is InChI=1S/C17H26N2O3/c1-12-8-7-9-15(13(12)2)19(14(3)20)11-10-18-16(21)22-17(4,5)6/h7-9H,10-11H2,1-6H3,(H,18,21). The van der Waals surface area contributed by atoms with Gasteiger partial charge in [-0.05, 0) is 51.8 Å². The number of amides is 2. The number of ether oxygens (including phenoxy) is 1. The van der Waals surface area contributed by atoms with Crippen molar-refractivity contribution in [3.05, 3.63) is 29.3 Å². The molecular weight excluding hydrogens is 280 g/mol. The number of rotatable bonds is 4. The van der Waals surface area contributed by atoms with Crippen LogP contribution in [0.1, 0.15) is 38.8 Å². The van der Waals surface area contributed by atoms with Gasteiger partial charge in [-0.3, -0.25) is 4.79 Å². The lowest BCUT2D eigenvalue weighted by molar-refractivity contribution is -0.116. The van der Waals surface area contributed by atoms with E-state index in [4.69, 9.17) is 4.74 Å². The molecule has 0 fully saturated rings. The van der Waals surface area contributed by atoms with Crippen molar-refractivity contribution < 1.29 is 14.3 Å². The summed E-state index contributed by atoms with van der Waals surface area (Å²) in [5, 5.41) is 2.67. The van der Waals surface area contributed by atoms with E-state index < -0.39 is 11.7 Å². The minimum Gasteiger partial charge on any atom is -0.444 e. The van der Waals surface area contributed by atoms with Gasteiger partial charge in [0.25, 0.3) is 0 Å². The highest BCUT2D eigenvalue weighted by molar-refractivity contribution is 5.92. The summed E-state index contributed by atoms with van der Waals surface area (Å²) in [5.74, 6) is -0.0558. The van der Waals surface area contributed by atoms with Gasteiger partial charge < -0.3 is 15.0 Å². The molecule has 0 aliphatic heterocycles. The summed E-state index contributed by atoms with van der Waals surface area (Å²) in [6, 6.07) is 5.85. The van der Waals surface area contributed by atoms with Crippen LogP contribution >= 0.6 is 0 Å². The van der Waals surface area contributed by atoms with E-state index in [0.717, 1.165) is 16.8 Å². The van der Waals surface area contributed by atoms with Crippen LogP contribution in [0, 0.1) is 13.8 Å². The summed E-state index contributed by atoms with van der Waals surface area (Å²) < 4.78 is 5.18. The molecule has 0 radical (unpaired) electrons. The number of benzene rings is 1. The first kappa shape index (κ1) is 18.0. The molecule has 5 nitrogen and oxygen atoms in total. The molecule has 22 heavy (non-hydrogen) atoms. The molecule has 0 saturated heterocycles. The fraction of sp³-hybridized carbons (Fsp3) is 0.529. The summed E-state index contributed by atoms with van der Waals surface area (Å²) in [6.07, 6.45) is -0.475. The van der Waals surface area contributed by atoms with Crippen molar-refractivity contribution in [3.8, 4) is 0 Å². The molecule has 1 N–H and O–H groups in total. The largest absolute Gasteiger partial charge is 0.444 e. The Morgan fingerprint density at radius 2 is 1.86 bits per heavy atom. The summed E-state index contributed by atoms with van der Waals surface area (Å²) in [7, 11) is 0. The van der Waals surface area contributed by atoms with Crippen LogP contribution in [0.4, 0.5) is 10.5 Å². The molecule has 0 aromatic heterocycles. The predicted octanol–water partition coefficient (Wildman–Crippen LogP) is 3.18. The molecule has 1 rings (SSSR count). The highest BCUT2D eigenvalue weighted by Crippen LogP contribution is 2.22. The monoisotopic (exact) mass is 306 g/mol. The number of carbonyl (C=O) groups excluding carboxylic acids is 2. The molecule has 0 aliphatic rings. The summed E-state index contributed by atoms with van der Waals surface area (Å²) in [5.41, 5.74) is 2.54. The van der Waals surface area contributed by atoms with Gasteiger partial charge in [0.2, 0.25) is 5.91 Å². The van der Waals surface area contributed by atoms with Crippen LogP contribution in [-0.2, 0) is 9.53 Å². The molecule has 0 spiro atoms. The Morgan fingerprint density at radius 1 is 1.23 bits per heavy atom. The van der Waals surface area contributed by atoms with Crippen LogP contribution in [-0.4, -0.2) is 30.7 Å². The first-order valence-corrected chi connectivity index (χ1v) is 7.43. The maximum Gasteiger partial charge on any atom is 0.407 e. The molecule has 0 atom stereocenters. The first-order valence-electron chi connectivity index (χ1n) is 7.43. The van der Waals surface area contributed by atoms with Crippen LogP contribution in [0.5, 0.6) is 0 Å². The van der Waals surface area contributed by atoms with Crippen molar-refractivity contribution in [2.75, 3.05) is 18.0 Å². The van der Waals surface area contributed by atoms with Gasteiger partial charge in [-0.2, -0.15) is 0 Å². The van der Waals surface area contributed by atoms with Gasteiger partial charge in [0.1, 0.15) is 5.60 Å². The van der Waals surface area contributed by atoms with E-state index in [2.05, 4.69) is 5.32 Å². The Balaban J connectivity index is 2.69. The molecule has 5 heteroatoms. The highest BCUT2D eigenvalue weighted by Gasteiger charge is 2.17. The zero-order chi connectivity index (χ0) is 16.9. The molecular formula is C17H26N2O3. The number of hydrogen-bond donors (Lipinski definition) is 1. The highest BCUT2D eigenvalue weighted by atomic mass is 16.6. The number of nitrogens with one attached hydrogen (secondary N) is 1. The van der Waals surface area contributed by atoms with Gasteiger partial charge in [0.05, 0.1) is 0 Å². The summed E-state index contributed by atoms with van der Waals surface area (Å²) in [6.45, 7) is 11.7. The number of alkyl carbamates (subject to hydrolysis) is 1. The van der Waals surface area contributed by atoms with E-state index in [1.165, 1.54) is 6.92 Å². The molecule has 1 aromatic rings.